The molecule has 1 saturated heterocycles. The van der Waals surface area contributed by atoms with Gasteiger partial charge in [0.1, 0.15) is 11.9 Å². The van der Waals surface area contributed by atoms with Crippen LogP contribution < -0.4 is 5.32 Å². The first kappa shape index (κ1) is 20.6. The zero-order chi connectivity index (χ0) is 20.3. The summed E-state index contributed by atoms with van der Waals surface area (Å²) in [6, 6.07) is -0.602. The highest BCUT2D eigenvalue weighted by Gasteiger charge is 2.34. The number of nitrogens with one attached hydrogen (secondary N) is 1. The zero-order valence-electron chi connectivity index (χ0n) is 17.6. The molecule has 1 N–H and O–H groups in total. The Morgan fingerprint density at radius 2 is 1.96 bits per heavy atom. The second-order valence-electron chi connectivity index (χ2n) is 8.39. The van der Waals surface area contributed by atoms with Crippen LogP contribution in [0.4, 0.5) is 4.79 Å². The van der Waals surface area contributed by atoms with Gasteiger partial charge in [-0.2, -0.15) is 0 Å². The highest BCUT2D eigenvalue weighted by atomic mass is 16.2. The van der Waals surface area contributed by atoms with Gasteiger partial charge in [-0.1, -0.05) is 13.8 Å². The lowest BCUT2D eigenvalue weighted by Crippen LogP contribution is -2.60. The van der Waals surface area contributed by atoms with Gasteiger partial charge in [0.25, 0.3) is 0 Å². The Hall–Kier alpha value is -2.18. The average molecular weight is 388 g/mol. The SMILES string of the molecule is Cc1nc(CCNC(=O)N2CCN(CC(C)C)C(=O)[C@H]2C)nc2c1CCCC2. The van der Waals surface area contributed by atoms with Gasteiger partial charge in [0, 0.05) is 44.0 Å². The van der Waals surface area contributed by atoms with Crippen LogP contribution >= 0.6 is 0 Å². The molecular weight excluding hydrogens is 354 g/mol. The number of rotatable bonds is 5. The van der Waals surface area contributed by atoms with Gasteiger partial charge >= 0.3 is 6.03 Å². The summed E-state index contributed by atoms with van der Waals surface area (Å²) >= 11 is 0. The Morgan fingerprint density at radius 1 is 1.21 bits per heavy atom. The number of amides is 3. The predicted octanol–water partition coefficient (Wildman–Crippen LogP) is 2.10. The maximum Gasteiger partial charge on any atom is 0.318 e. The number of piperazine rings is 1. The van der Waals surface area contributed by atoms with Crippen molar-refractivity contribution in [3.63, 3.8) is 0 Å². The first-order valence-corrected chi connectivity index (χ1v) is 10.5. The van der Waals surface area contributed by atoms with Crippen molar-refractivity contribution in [1.29, 1.82) is 0 Å². The minimum Gasteiger partial charge on any atom is -0.339 e. The first-order valence-electron chi connectivity index (χ1n) is 10.5. The summed E-state index contributed by atoms with van der Waals surface area (Å²) in [7, 11) is 0. The number of nitrogens with zero attached hydrogens (tertiary/aromatic N) is 4. The number of hydrogen-bond donors (Lipinski definition) is 1. The molecule has 2 aliphatic rings. The molecule has 1 aromatic heterocycles. The molecule has 0 spiro atoms. The Labute approximate surface area is 167 Å². The van der Waals surface area contributed by atoms with Gasteiger partial charge in [-0.05, 0) is 51.0 Å². The van der Waals surface area contributed by atoms with Crippen molar-refractivity contribution >= 4 is 11.9 Å². The van der Waals surface area contributed by atoms with Crippen molar-refractivity contribution in [1.82, 2.24) is 25.1 Å². The van der Waals surface area contributed by atoms with Gasteiger partial charge in [-0.3, -0.25) is 4.79 Å². The maximum absolute atomic E-state index is 12.6. The number of aromatic nitrogens is 2. The number of carbonyl (C=O) groups is 2. The van der Waals surface area contributed by atoms with E-state index < -0.39 is 6.04 Å². The average Bonchev–Trinajstić information content (AvgIpc) is 2.65. The van der Waals surface area contributed by atoms with E-state index in [0.29, 0.717) is 32.0 Å². The van der Waals surface area contributed by atoms with Gasteiger partial charge in [-0.15, -0.1) is 0 Å². The summed E-state index contributed by atoms with van der Waals surface area (Å²) in [4.78, 5) is 37.9. The highest BCUT2D eigenvalue weighted by molar-refractivity contribution is 5.88. The van der Waals surface area contributed by atoms with E-state index in [4.69, 9.17) is 4.98 Å². The molecule has 1 atom stereocenters. The van der Waals surface area contributed by atoms with Crippen molar-refractivity contribution in [2.45, 2.75) is 65.8 Å². The van der Waals surface area contributed by atoms with E-state index in [1.54, 1.807) is 4.90 Å². The zero-order valence-corrected chi connectivity index (χ0v) is 17.6. The quantitative estimate of drug-likeness (QED) is 0.839. The molecular formula is C21H33N5O2. The van der Waals surface area contributed by atoms with E-state index in [-0.39, 0.29) is 11.9 Å². The number of hydrogen-bond acceptors (Lipinski definition) is 4. The van der Waals surface area contributed by atoms with Gasteiger partial charge in [-0.25, -0.2) is 14.8 Å². The van der Waals surface area contributed by atoms with Crippen LogP contribution in [-0.2, 0) is 24.1 Å². The van der Waals surface area contributed by atoms with E-state index in [2.05, 4.69) is 31.1 Å². The Morgan fingerprint density at radius 3 is 2.71 bits per heavy atom. The van der Waals surface area contributed by atoms with E-state index in [0.717, 1.165) is 30.9 Å². The predicted molar refractivity (Wildman–Crippen MR) is 108 cm³/mol. The molecule has 3 amide bonds. The third-order valence-corrected chi connectivity index (χ3v) is 5.65. The molecule has 3 rings (SSSR count). The first-order chi connectivity index (χ1) is 13.4. The van der Waals surface area contributed by atoms with Crippen molar-refractivity contribution in [2.24, 2.45) is 5.92 Å². The largest absolute Gasteiger partial charge is 0.339 e. The molecule has 7 nitrogen and oxygen atoms in total. The second kappa shape index (κ2) is 8.88. The van der Waals surface area contributed by atoms with Crippen molar-refractivity contribution in [2.75, 3.05) is 26.2 Å². The van der Waals surface area contributed by atoms with Crippen molar-refractivity contribution in [3.8, 4) is 0 Å². The molecule has 7 heteroatoms. The van der Waals surface area contributed by atoms with Crippen molar-refractivity contribution in [3.05, 3.63) is 22.8 Å². The van der Waals surface area contributed by atoms with Crippen LogP contribution in [0.2, 0.25) is 0 Å². The molecule has 0 unspecified atom stereocenters. The molecule has 1 aromatic rings. The molecule has 28 heavy (non-hydrogen) atoms. The summed E-state index contributed by atoms with van der Waals surface area (Å²) < 4.78 is 0. The summed E-state index contributed by atoms with van der Waals surface area (Å²) in [6.45, 7) is 10.4. The topological polar surface area (TPSA) is 78.4 Å². The molecule has 1 aliphatic heterocycles. The van der Waals surface area contributed by atoms with Crippen LogP contribution in [0.5, 0.6) is 0 Å². The minimum atomic E-state index is -0.422. The molecule has 154 valence electrons. The minimum absolute atomic E-state index is 0.0312. The molecule has 2 heterocycles. The van der Waals surface area contributed by atoms with Crippen LogP contribution in [0.3, 0.4) is 0 Å². The maximum atomic E-state index is 12.6. The molecule has 1 aliphatic carbocycles. The van der Waals surface area contributed by atoms with Crippen LogP contribution in [0.15, 0.2) is 0 Å². The van der Waals surface area contributed by atoms with E-state index in [1.807, 2.05) is 11.8 Å². The monoisotopic (exact) mass is 387 g/mol. The van der Waals surface area contributed by atoms with Crippen LogP contribution in [0, 0.1) is 12.8 Å². The number of carbonyl (C=O) groups excluding carboxylic acids is 2. The lowest BCUT2D eigenvalue weighted by atomic mass is 9.95. The molecule has 0 radical (unpaired) electrons. The summed E-state index contributed by atoms with van der Waals surface area (Å²) in [5.74, 6) is 1.25. The van der Waals surface area contributed by atoms with Crippen LogP contribution in [0.25, 0.3) is 0 Å². The molecule has 0 aromatic carbocycles. The smallest absolute Gasteiger partial charge is 0.318 e. The third-order valence-electron chi connectivity index (χ3n) is 5.65. The standard InChI is InChI=1S/C21H33N5O2/c1-14(2)13-25-11-12-26(16(4)20(25)27)21(28)22-10-9-19-23-15(3)17-7-5-6-8-18(17)24-19/h14,16H,5-13H2,1-4H3,(H,22,28)/t16-/m1/s1. The fraction of sp³-hybridized carbons (Fsp3) is 0.714. The van der Waals surface area contributed by atoms with Gasteiger partial charge < -0.3 is 15.1 Å². The van der Waals surface area contributed by atoms with Crippen LogP contribution in [-0.4, -0.2) is 63.9 Å². The summed E-state index contributed by atoms with van der Waals surface area (Å²) in [6.07, 6.45) is 5.11. The van der Waals surface area contributed by atoms with Gasteiger partial charge in [0.2, 0.25) is 5.91 Å². The fourth-order valence-corrected chi connectivity index (χ4v) is 4.17. The van der Waals surface area contributed by atoms with Crippen molar-refractivity contribution < 1.29 is 9.59 Å². The second-order valence-corrected chi connectivity index (χ2v) is 8.39. The van der Waals surface area contributed by atoms with E-state index >= 15 is 0 Å². The van der Waals surface area contributed by atoms with E-state index in [1.165, 1.54) is 24.1 Å². The third kappa shape index (κ3) is 4.62. The normalized spacial score (nSPS) is 19.8. The van der Waals surface area contributed by atoms with E-state index in [9.17, 15) is 9.59 Å². The molecule has 0 bridgehead atoms. The number of fused-ring (bicyclic) bond motifs is 1. The Bertz CT molecular complexity index is 734. The number of aryl methyl sites for hydroxylation is 2. The van der Waals surface area contributed by atoms with Gasteiger partial charge in [0.05, 0.1) is 0 Å². The van der Waals surface area contributed by atoms with Crippen LogP contribution in [0.1, 0.15) is 56.4 Å². The number of urea groups is 1. The fourth-order valence-electron chi connectivity index (χ4n) is 4.17. The van der Waals surface area contributed by atoms with Gasteiger partial charge in [0.15, 0.2) is 0 Å². The molecule has 1 fully saturated rings. The Kier molecular flexibility index (Phi) is 6.52. The summed E-state index contributed by atoms with van der Waals surface area (Å²) in [5, 5.41) is 2.94. The lowest BCUT2D eigenvalue weighted by molar-refractivity contribution is -0.139. The lowest BCUT2D eigenvalue weighted by Gasteiger charge is -2.39. The summed E-state index contributed by atoms with van der Waals surface area (Å²) in [5.41, 5.74) is 3.57. The molecule has 0 saturated carbocycles. The Balaban J connectivity index is 1.52. The highest BCUT2D eigenvalue weighted by Crippen LogP contribution is 2.21.